The highest BCUT2D eigenvalue weighted by molar-refractivity contribution is 7.80. The lowest BCUT2D eigenvalue weighted by molar-refractivity contribution is -0.136. The minimum absolute atomic E-state index is 0.0714. The number of carbonyl (C=O) groups excluding carboxylic acids is 1. The molecule has 2 atom stereocenters. The number of hydrogen-bond donors (Lipinski definition) is 1. The van der Waals surface area contributed by atoms with E-state index >= 15 is 0 Å². The molecule has 0 aliphatic heterocycles. The van der Waals surface area contributed by atoms with Crippen LogP contribution in [0.4, 0.5) is 0 Å². The molecule has 0 aromatic carbocycles. The second kappa shape index (κ2) is 4.36. The zero-order valence-electron chi connectivity index (χ0n) is 11.5. The lowest BCUT2D eigenvalue weighted by Gasteiger charge is -2.43. The molecule has 1 nitrogen and oxygen atoms in total. The van der Waals surface area contributed by atoms with E-state index < -0.39 is 0 Å². The summed E-state index contributed by atoms with van der Waals surface area (Å²) in [6, 6.07) is 0. The van der Waals surface area contributed by atoms with Gasteiger partial charge in [-0.15, -0.1) is 0 Å². The standard InChI is InChI=1S/C14H26OS/c1-13(2,3)10-7-9(16)8-11(12(10)15)14(4,5)6/h9-11,16H,7-8H2,1-6H3. The largest absolute Gasteiger partial charge is 0.299 e. The summed E-state index contributed by atoms with van der Waals surface area (Å²) in [4.78, 5) is 12.5. The first kappa shape index (κ1) is 14.1. The van der Waals surface area contributed by atoms with E-state index in [2.05, 4.69) is 54.2 Å². The lowest BCUT2D eigenvalue weighted by Crippen LogP contribution is -2.45. The molecule has 0 aromatic heterocycles. The molecule has 0 N–H and O–H groups in total. The van der Waals surface area contributed by atoms with Crippen molar-refractivity contribution in [2.75, 3.05) is 0 Å². The summed E-state index contributed by atoms with van der Waals surface area (Å²) in [6.07, 6.45) is 1.88. The lowest BCUT2D eigenvalue weighted by atomic mass is 9.62. The van der Waals surface area contributed by atoms with Gasteiger partial charge in [-0.1, -0.05) is 41.5 Å². The number of ketones is 1. The van der Waals surface area contributed by atoms with Gasteiger partial charge in [-0.25, -0.2) is 0 Å². The van der Waals surface area contributed by atoms with E-state index in [-0.39, 0.29) is 22.7 Å². The molecule has 0 heterocycles. The van der Waals surface area contributed by atoms with Crippen LogP contribution in [0.3, 0.4) is 0 Å². The molecule has 1 aliphatic carbocycles. The average Bonchev–Trinajstić information content (AvgIpc) is 2.04. The fourth-order valence-corrected chi connectivity index (χ4v) is 3.10. The zero-order valence-corrected chi connectivity index (χ0v) is 12.4. The fourth-order valence-electron chi connectivity index (χ4n) is 2.68. The molecule has 16 heavy (non-hydrogen) atoms. The maximum Gasteiger partial charge on any atom is 0.140 e. The topological polar surface area (TPSA) is 17.1 Å². The number of Topliss-reactive ketones (excluding diaryl/α,β-unsaturated/α-hetero) is 1. The zero-order chi connectivity index (χ0) is 12.7. The van der Waals surface area contributed by atoms with Crippen LogP contribution in [-0.4, -0.2) is 11.0 Å². The number of hydrogen-bond acceptors (Lipinski definition) is 2. The Labute approximate surface area is 106 Å². The smallest absolute Gasteiger partial charge is 0.140 e. The van der Waals surface area contributed by atoms with Crippen LogP contribution in [0.2, 0.25) is 0 Å². The third-order valence-corrected chi connectivity index (χ3v) is 4.21. The molecule has 2 unspecified atom stereocenters. The number of thiol groups is 1. The first-order valence-corrected chi connectivity index (χ1v) is 6.77. The highest BCUT2D eigenvalue weighted by Crippen LogP contribution is 2.44. The van der Waals surface area contributed by atoms with Crippen LogP contribution in [0.25, 0.3) is 0 Å². The van der Waals surface area contributed by atoms with Crippen molar-refractivity contribution in [1.82, 2.24) is 0 Å². The van der Waals surface area contributed by atoms with E-state index in [9.17, 15) is 4.79 Å². The van der Waals surface area contributed by atoms with Crippen molar-refractivity contribution >= 4 is 18.4 Å². The SMILES string of the molecule is CC(C)(C)C1CC(S)CC(C(C)(C)C)C1=O. The van der Waals surface area contributed by atoms with Crippen LogP contribution in [0, 0.1) is 22.7 Å². The summed E-state index contributed by atoms with van der Waals surface area (Å²) in [5.74, 6) is 0.811. The van der Waals surface area contributed by atoms with E-state index in [1.165, 1.54) is 0 Å². The maximum absolute atomic E-state index is 12.5. The third-order valence-electron chi connectivity index (χ3n) is 3.79. The first-order valence-electron chi connectivity index (χ1n) is 6.25. The molecule has 1 rings (SSSR count). The van der Waals surface area contributed by atoms with Gasteiger partial charge in [-0.3, -0.25) is 4.79 Å². The van der Waals surface area contributed by atoms with Crippen LogP contribution in [0.15, 0.2) is 0 Å². The van der Waals surface area contributed by atoms with Gasteiger partial charge in [0.1, 0.15) is 5.78 Å². The second-order valence-corrected chi connectivity index (χ2v) is 8.10. The normalized spacial score (nSPS) is 32.9. The Morgan fingerprint density at radius 2 is 1.25 bits per heavy atom. The van der Waals surface area contributed by atoms with Crippen molar-refractivity contribution in [2.24, 2.45) is 22.7 Å². The van der Waals surface area contributed by atoms with Gasteiger partial charge in [0.05, 0.1) is 0 Å². The minimum Gasteiger partial charge on any atom is -0.299 e. The summed E-state index contributed by atoms with van der Waals surface area (Å²) in [6.45, 7) is 13.0. The van der Waals surface area contributed by atoms with Crippen molar-refractivity contribution in [3.05, 3.63) is 0 Å². The molecular formula is C14H26OS. The Balaban J connectivity index is 2.96. The number of carbonyl (C=O) groups is 1. The van der Waals surface area contributed by atoms with E-state index in [0.29, 0.717) is 11.0 Å². The summed E-state index contributed by atoms with van der Waals surface area (Å²) < 4.78 is 0. The minimum atomic E-state index is 0.0714. The van der Waals surface area contributed by atoms with Crippen molar-refractivity contribution in [2.45, 2.75) is 59.6 Å². The molecule has 2 heteroatoms. The quantitative estimate of drug-likeness (QED) is 0.636. The molecule has 0 spiro atoms. The molecular weight excluding hydrogens is 216 g/mol. The van der Waals surface area contributed by atoms with Gasteiger partial charge in [-0.2, -0.15) is 12.6 Å². The van der Waals surface area contributed by atoms with Gasteiger partial charge < -0.3 is 0 Å². The third kappa shape index (κ3) is 3.03. The van der Waals surface area contributed by atoms with Crippen molar-refractivity contribution in [1.29, 1.82) is 0 Å². The van der Waals surface area contributed by atoms with Crippen LogP contribution in [0.1, 0.15) is 54.4 Å². The summed E-state index contributed by atoms with van der Waals surface area (Å²) >= 11 is 4.63. The Hall–Kier alpha value is 0.0200. The van der Waals surface area contributed by atoms with Gasteiger partial charge in [0, 0.05) is 17.1 Å². The maximum atomic E-state index is 12.5. The van der Waals surface area contributed by atoms with E-state index in [1.807, 2.05) is 0 Å². The van der Waals surface area contributed by atoms with Crippen LogP contribution >= 0.6 is 12.6 Å². The second-order valence-electron chi connectivity index (χ2n) is 7.36. The summed E-state index contributed by atoms with van der Waals surface area (Å²) in [5.41, 5.74) is 0.143. The summed E-state index contributed by atoms with van der Waals surface area (Å²) in [5, 5.41) is 0.381. The molecule has 1 saturated carbocycles. The van der Waals surface area contributed by atoms with Crippen LogP contribution in [0.5, 0.6) is 0 Å². The monoisotopic (exact) mass is 242 g/mol. The Bertz CT molecular complexity index is 243. The fraction of sp³-hybridized carbons (Fsp3) is 0.929. The molecule has 0 aromatic rings. The van der Waals surface area contributed by atoms with Gasteiger partial charge in [0.25, 0.3) is 0 Å². The van der Waals surface area contributed by atoms with E-state index in [4.69, 9.17) is 0 Å². The van der Waals surface area contributed by atoms with Gasteiger partial charge in [0.2, 0.25) is 0 Å². The molecule has 94 valence electrons. The molecule has 0 amide bonds. The highest BCUT2D eigenvalue weighted by atomic mass is 32.1. The molecule has 0 radical (unpaired) electrons. The van der Waals surface area contributed by atoms with E-state index in [1.54, 1.807) is 0 Å². The van der Waals surface area contributed by atoms with Crippen molar-refractivity contribution < 1.29 is 4.79 Å². The van der Waals surface area contributed by atoms with Crippen LogP contribution in [-0.2, 0) is 4.79 Å². The van der Waals surface area contributed by atoms with Gasteiger partial charge in [-0.05, 0) is 23.7 Å². The predicted molar refractivity (Wildman–Crippen MR) is 72.9 cm³/mol. The Kier molecular flexibility index (Phi) is 3.84. The molecule has 1 fully saturated rings. The van der Waals surface area contributed by atoms with Crippen molar-refractivity contribution in [3.8, 4) is 0 Å². The van der Waals surface area contributed by atoms with Crippen LogP contribution < -0.4 is 0 Å². The van der Waals surface area contributed by atoms with Crippen molar-refractivity contribution in [3.63, 3.8) is 0 Å². The Morgan fingerprint density at radius 1 is 0.938 bits per heavy atom. The summed E-state index contributed by atoms with van der Waals surface area (Å²) in [7, 11) is 0. The Morgan fingerprint density at radius 3 is 1.50 bits per heavy atom. The average molecular weight is 242 g/mol. The molecule has 0 bridgehead atoms. The predicted octanol–water partition coefficient (Wildman–Crippen LogP) is 3.97. The molecule has 1 aliphatic rings. The first-order chi connectivity index (χ1) is 7.03. The highest BCUT2D eigenvalue weighted by Gasteiger charge is 2.44. The number of rotatable bonds is 0. The van der Waals surface area contributed by atoms with Gasteiger partial charge >= 0.3 is 0 Å². The van der Waals surface area contributed by atoms with Gasteiger partial charge in [0.15, 0.2) is 0 Å². The molecule has 0 saturated heterocycles. The van der Waals surface area contributed by atoms with E-state index in [0.717, 1.165) is 12.8 Å².